The van der Waals surface area contributed by atoms with Crippen molar-refractivity contribution >= 4 is 11.6 Å². The largest absolute Gasteiger partial charge is 0.497 e. The normalized spacial score (nSPS) is 21.1. The monoisotopic (exact) mass is 278 g/mol. The van der Waals surface area contributed by atoms with Crippen LogP contribution in [-0.4, -0.2) is 38.3 Å². The van der Waals surface area contributed by atoms with E-state index in [0.29, 0.717) is 18.7 Å². The second-order valence-electron chi connectivity index (χ2n) is 4.90. The minimum Gasteiger partial charge on any atom is -0.497 e. The number of hydrogen-bond donors (Lipinski definition) is 2. The van der Waals surface area contributed by atoms with Crippen LogP contribution in [0.1, 0.15) is 19.8 Å². The number of benzene rings is 1. The highest BCUT2D eigenvalue weighted by molar-refractivity contribution is 5.92. The second-order valence-corrected chi connectivity index (χ2v) is 4.90. The summed E-state index contributed by atoms with van der Waals surface area (Å²) in [7, 11) is 1.62. The molecule has 5 heteroatoms. The molecule has 5 nitrogen and oxygen atoms in total. The third-order valence-electron chi connectivity index (χ3n) is 3.42. The van der Waals surface area contributed by atoms with Crippen molar-refractivity contribution in [3.8, 4) is 5.75 Å². The van der Waals surface area contributed by atoms with Crippen molar-refractivity contribution in [3.05, 3.63) is 24.3 Å². The number of carbonyl (C=O) groups is 1. The Morgan fingerprint density at radius 1 is 1.30 bits per heavy atom. The standard InChI is InChI=1S/C15H22N2O3/c1-3-20-14-8-12(9-14)16-10-15(18)17-11-4-6-13(19-2)7-5-11/h4-7,12,14,16H,3,8-10H2,1-2H3,(H,17,18). The highest BCUT2D eigenvalue weighted by Crippen LogP contribution is 2.23. The lowest BCUT2D eigenvalue weighted by atomic mass is 9.89. The summed E-state index contributed by atoms with van der Waals surface area (Å²) in [4.78, 5) is 11.8. The predicted molar refractivity (Wildman–Crippen MR) is 78.1 cm³/mol. The van der Waals surface area contributed by atoms with E-state index in [9.17, 15) is 4.79 Å². The summed E-state index contributed by atoms with van der Waals surface area (Å²) >= 11 is 0. The van der Waals surface area contributed by atoms with E-state index in [1.54, 1.807) is 7.11 Å². The Balaban J connectivity index is 1.65. The van der Waals surface area contributed by atoms with Gasteiger partial charge in [0.25, 0.3) is 0 Å². The molecule has 110 valence electrons. The van der Waals surface area contributed by atoms with Crippen molar-refractivity contribution in [2.45, 2.75) is 31.9 Å². The minimum atomic E-state index is -0.0324. The molecule has 0 heterocycles. The first-order valence-corrected chi connectivity index (χ1v) is 7.00. The van der Waals surface area contributed by atoms with Crippen LogP contribution in [0.2, 0.25) is 0 Å². The zero-order valence-corrected chi connectivity index (χ0v) is 12.0. The summed E-state index contributed by atoms with van der Waals surface area (Å²) in [6.07, 6.45) is 2.34. The lowest BCUT2D eigenvalue weighted by Gasteiger charge is -2.35. The Labute approximate surface area is 119 Å². The molecule has 1 aliphatic rings. The van der Waals surface area contributed by atoms with Gasteiger partial charge in [0.1, 0.15) is 5.75 Å². The van der Waals surface area contributed by atoms with E-state index in [-0.39, 0.29) is 5.91 Å². The molecule has 0 spiro atoms. The average Bonchev–Trinajstić information content (AvgIpc) is 2.42. The lowest BCUT2D eigenvalue weighted by molar-refractivity contribution is -0.116. The van der Waals surface area contributed by atoms with Crippen LogP contribution in [0.25, 0.3) is 0 Å². The lowest BCUT2D eigenvalue weighted by Crippen LogP contribution is -2.47. The van der Waals surface area contributed by atoms with Gasteiger partial charge in [0.15, 0.2) is 0 Å². The smallest absolute Gasteiger partial charge is 0.238 e. The molecule has 1 aromatic rings. The molecule has 0 aromatic heterocycles. The van der Waals surface area contributed by atoms with Crippen molar-refractivity contribution in [1.82, 2.24) is 5.32 Å². The summed E-state index contributed by atoms with van der Waals surface area (Å²) in [5, 5.41) is 6.08. The zero-order valence-electron chi connectivity index (χ0n) is 12.0. The van der Waals surface area contributed by atoms with Gasteiger partial charge in [-0.05, 0) is 44.0 Å². The number of amides is 1. The molecule has 0 unspecified atom stereocenters. The molecule has 20 heavy (non-hydrogen) atoms. The molecule has 1 aromatic carbocycles. The van der Waals surface area contributed by atoms with E-state index in [2.05, 4.69) is 10.6 Å². The van der Waals surface area contributed by atoms with Crippen LogP contribution < -0.4 is 15.4 Å². The van der Waals surface area contributed by atoms with E-state index in [1.165, 1.54) is 0 Å². The van der Waals surface area contributed by atoms with Crippen molar-refractivity contribution in [2.24, 2.45) is 0 Å². The van der Waals surface area contributed by atoms with E-state index < -0.39 is 0 Å². The fourth-order valence-electron chi connectivity index (χ4n) is 2.22. The molecule has 2 N–H and O–H groups in total. The van der Waals surface area contributed by atoms with E-state index in [4.69, 9.17) is 9.47 Å². The van der Waals surface area contributed by atoms with Crippen LogP contribution in [0.15, 0.2) is 24.3 Å². The molecule has 0 radical (unpaired) electrons. The third-order valence-corrected chi connectivity index (χ3v) is 3.42. The van der Waals surface area contributed by atoms with Gasteiger partial charge in [-0.1, -0.05) is 0 Å². The van der Waals surface area contributed by atoms with Gasteiger partial charge in [-0.25, -0.2) is 0 Å². The van der Waals surface area contributed by atoms with Gasteiger partial charge in [0.2, 0.25) is 5.91 Å². The highest BCUT2D eigenvalue weighted by atomic mass is 16.5. The predicted octanol–water partition coefficient (Wildman–Crippen LogP) is 1.79. The Hall–Kier alpha value is -1.59. The molecular weight excluding hydrogens is 256 g/mol. The highest BCUT2D eigenvalue weighted by Gasteiger charge is 2.29. The number of methoxy groups -OCH3 is 1. The summed E-state index contributed by atoms with van der Waals surface area (Å²) in [5.41, 5.74) is 0.776. The summed E-state index contributed by atoms with van der Waals surface area (Å²) in [6, 6.07) is 7.69. The number of hydrogen-bond acceptors (Lipinski definition) is 4. The fraction of sp³-hybridized carbons (Fsp3) is 0.533. The Bertz CT molecular complexity index is 427. The van der Waals surface area contributed by atoms with Crippen molar-refractivity contribution < 1.29 is 14.3 Å². The molecule has 0 atom stereocenters. The van der Waals surface area contributed by atoms with Crippen LogP contribution in [0.5, 0.6) is 5.75 Å². The van der Waals surface area contributed by atoms with Crippen molar-refractivity contribution in [3.63, 3.8) is 0 Å². The van der Waals surface area contributed by atoms with Crippen LogP contribution in [-0.2, 0) is 9.53 Å². The van der Waals surface area contributed by atoms with Crippen molar-refractivity contribution in [2.75, 3.05) is 25.6 Å². The first kappa shape index (κ1) is 14.8. The molecule has 1 aliphatic carbocycles. The van der Waals surface area contributed by atoms with E-state index in [0.717, 1.165) is 30.9 Å². The Morgan fingerprint density at radius 2 is 2.00 bits per heavy atom. The summed E-state index contributed by atoms with van der Waals surface area (Å²) < 4.78 is 10.5. The molecule has 1 fully saturated rings. The quantitative estimate of drug-likeness (QED) is 0.798. The van der Waals surface area contributed by atoms with Gasteiger partial charge >= 0.3 is 0 Å². The average molecular weight is 278 g/mol. The topological polar surface area (TPSA) is 59.6 Å². The molecule has 0 saturated heterocycles. The Kier molecular flexibility index (Phi) is 5.38. The van der Waals surface area contributed by atoms with Crippen LogP contribution in [0.4, 0.5) is 5.69 Å². The van der Waals surface area contributed by atoms with Crippen LogP contribution >= 0.6 is 0 Å². The first-order valence-electron chi connectivity index (χ1n) is 7.00. The van der Waals surface area contributed by atoms with Crippen LogP contribution in [0, 0.1) is 0 Å². The maximum Gasteiger partial charge on any atom is 0.238 e. The zero-order chi connectivity index (χ0) is 14.4. The number of anilines is 1. The molecule has 0 bridgehead atoms. The molecule has 1 saturated carbocycles. The number of carbonyl (C=O) groups excluding carboxylic acids is 1. The molecule has 0 aliphatic heterocycles. The van der Waals surface area contributed by atoms with Crippen molar-refractivity contribution in [1.29, 1.82) is 0 Å². The molecular formula is C15H22N2O3. The number of ether oxygens (including phenoxy) is 2. The maximum atomic E-state index is 11.8. The minimum absolute atomic E-state index is 0.0324. The molecule has 2 rings (SSSR count). The van der Waals surface area contributed by atoms with Crippen LogP contribution in [0.3, 0.4) is 0 Å². The van der Waals surface area contributed by atoms with Gasteiger partial charge in [-0.3, -0.25) is 4.79 Å². The fourth-order valence-corrected chi connectivity index (χ4v) is 2.22. The number of rotatable bonds is 7. The van der Waals surface area contributed by atoms with Gasteiger partial charge < -0.3 is 20.1 Å². The summed E-state index contributed by atoms with van der Waals surface area (Å²) in [5.74, 6) is 0.743. The third kappa shape index (κ3) is 4.21. The Morgan fingerprint density at radius 3 is 2.60 bits per heavy atom. The van der Waals surface area contributed by atoms with Gasteiger partial charge in [-0.2, -0.15) is 0 Å². The van der Waals surface area contributed by atoms with Gasteiger partial charge in [0, 0.05) is 18.3 Å². The first-order chi connectivity index (χ1) is 9.71. The number of nitrogens with one attached hydrogen (secondary N) is 2. The summed E-state index contributed by atoms with van der Waals surface area (Å²) in [6.45, 7) is 3.09. The van der Waals surface area contributed by atoms with Gasteiger partial charge in [0.05, 0.1) is 19.8 Å². The maximum absolute atomic E-state index is 11.8. The van der Waals surface area contributed by atoms with E-state index >= 15 is 0 Å². The second kappa shape index (κ2) is 7.26. The van der Waals surface area contributed by atoms with E-state index in [1.807, 2.05) is 31.2 Å². The SMILES string of the molecule is CCOC1CC(NCC(=O)Nc2ccc(OC)cc2)C1. The molecule has 1 amide bonds. The van der Waals surface area contributed by atoms with Gasteiger partial charge in [-0.15, -0.1) is 0 Å².